The summed E-state index contributed by atoms with van der Waals surface area (Å²) < 4.78 is 6.54. The fourth-order valence-electron chi connectivity index (χ4n) is 2.52. The Bertz CT molecular complexity index is 898. The van der Waals surface area contributed by atoms with Gasteiger partial charge in [-0.1, -0.05) is 35.9 Å². The molecule has 1 aliphatic rings. The molecule has 0 aliphatic carbocycles. The molecule has 5 nitrogen and oxygen atoms in total. The summed E-state index contributed by atoms with van der Waals surface area (Å²) in [5.74, 6) is 0.330. The summed E-state index contributed by atoms with van der Waals surface area (Å²) in [4.78, 5) is 25.0. The average Bonchev–Trinajstić information content (AvgIpc) is 2.88. The zero-order chi connectivity index (χ0) is 18.7. The van der Waals surface area contributed by atoms with Gasteiger partial charge in [0.05, 0.1) is 4.47 Å². The van der Waals surface area contributed by atoms with E-state index in [0.717, 1.165) is 20.5 Å². The number of halogens is 2. The Morgan fingerprint density at radius 2 is 2.00 bits per heavy atom. The fraction of sp³-hybridized carbons (Fsp3) is 0.158. The van der Waals surface area contributed by atoms with Gasteiger partial charge < -0.3 is 10.1 Å². The highest BCUT2D eigenvalue weighted by molar-refractivity contribution is 9.10. The predicted molar refractivity (Wildman–Crippen MR) is 104 cm³/mol. The predicted octanol–water partition coefficient (Wildman–Crippen LogP) is 4.59. The molecular weight excluding hydrogens is 420 g/mol. The minimum absolute atomic E-state index is 0.258. The zero-order valence-electron chi connectivity index (χ0n) is 14.0. The second-order valence-electron chi connectivity index (χ2n) is 5.61. The van der Waals surface area contributed by atoms with Crippen LogP contribution in [-0.4, -0.2) is 23.4 Å². The van der Waals surface area contributed by atoms with Crippen LogP contribution in [-0.2, 0) is 11.4 Å². The third-order valence-electron chi connectivity index (χ3n) is 3.89. The fourth-order valence-corrected chi connectivity index (χ4v) is 3.22. The maximum Gasteiger partial charge on any atom is 0.328 e. The first-order valence-electron chi connectivity index (χ1n) is 8.00. The van der Waals surface area contributed by atoms with E-state index in [4.69, 9.17) is 16.3 Å². The SMILES string of the molecule is CCN1C(=O)N/C(=C/c2ccc(OCc3ccccc3Cl)c(Br)c2)C1=O. The third-order valence-corrected chi connectivity index (χ3v) is 4.87. The molecular formula is C19H16BrClN2O3. The third kappa shape index (κ3) is 3.92. The van der Waals surface area contributed by atoms with Gasteiger partial charge in [-0.3, -0.25) is 9.69 Å². The van der Waals surface area contributed by atoms with Gasteiger partial charge >= 0.3 is 6.03 Å². The maximum absolute atomic E-state index is 12.1. The minimum atomic E-state index is -0.400. The van der Waals surface area contributed by atoms with Gasteiger partial charge in [-0.2, -0.15) is 0 Å². The summed E-state index contributed by atoms with van der Waals surface area (Å²) in [6.45, 7) is 2.43. The van der Waals surface area contributed by atoms with Gasteiger partial charge in [0.1, 0.15) is 18.1 Å². The molecule has 0 bridgehead atoms. The molecule has 1 saturated heterocycles. The molecule has 3 rings (SSSR count). The summed E-state index contributed by atoms with van der Waals surface area (Å²) in [5, 5.41) is 3.23. The van der Waals surface area contributed by atoms with Gasteiger partial charge in [-0.15, -0.1) is 0 Å². The quantitative estimate of drug-likeness (QED) is 0.552. The molecule has 0 radical (unpaired) electrons. The molecule has 3 amide bonds. The number of urea groups is 1. The lowest BCUT2D eigenvalue weighted by molar-refractivity contribution is -0.122. The van der Waals surface area contributed by atoms with Crippen molar-refractivity contribution in [3.8, 4) is 5.75 Å². The van der Waals surface area contributed by atoms with Gasteiger partial charge in [0.2, 0.25) is 0 Å². The monoisotopic (exact) mass is 434 g/mol. The van der Waals surface area contributed by atoms with Crippen LogP contribution in [0.15, 0.2) is 52.6 Å². The molecule has 1 fully saturated rings. The number of nitrogens with one attached hydrogen (secondary N) is 1. The molecule has 1 N–H and O–H groups in total. The van der Waals surface area contributed by atoms with Crippen LogP contribution in [0.2, 0.25) is 5.02 Å². The van der Waals surface area contributed by atoms with Crippen LogP contribution in [0.3, 0.4) is 0 Å². The Kier molecular flexibility index (Phi) is 5.64. The highest BCUT2D eigenvalue weighted by atomic mass is 79.9. The smallest absolute Gasteiger partial charge is 0.328 e. The number of hydrogen-bond acceptors (Lipinski definition) is 3. The number of carbonyl (C=O) groups excluding carboxylic acids is 2. The van der Waals surface area contributed by atoms with E-state index in [1.807, 2.05) is 36.4 Å². The van der Waals surface area contributed by atoms with E-state index in [-0.39, 0.29) is 11.6 Å². The van der Waals surface area contributed by atoms with Crippen LogP contribution >= 0.6 is 27.5 Å². The molecule has 26 heavy (non-hydrogen) atoms. The Hall–Kier alpha value is -2.31. The van der Waals surface area contributed by atoms with Crippen molar-refractivity contribution >= 4 is 45.5 Å². The second-order valence-corrected chi connectivity index (χ2v) is 6.87. The summed E-state index contributed by atoms with van der Waals surface area (Å²) in [6.07, 6.45) is 1.64. The van der Waals surface area contributed by atoms with E-state index in [1.54, 1.807) is 19.1 Å². The van der Waals surface area contributed by atoms with Crippen molar-refractivity contribution in [1.82, 2.24) is 10.2 Å². The van der Waals surface area contributed by atoms with E-state index < -0.39 is 6.03 Å². The first-order chi connectivity index (χ1) is 12.5. The lowest BCUT2D eigenvalue weighted by Gasteiger charge is -2.10. The van der Waals surface area contributed by atoms with Crippen LogP contribution in [0.1, 0.15) is 18.1 Å². The molecule has 2 aromatic carbocycles. The number of benzene rings is 2. The summed E-state index contributed by atoms with van der Waals surface area (Å²) in [7, 11) is 0. The molecule has 0 unspecified atom stereocenters. The van der Waals surface area contributed by atoms with Gasteiger partial charge in [-0.05, 0) is 52.7 Å². The van der Waals surface area contributed by atoms with Crippen LogP contribution in [0, 0.1) is 0 Å². The van der Waals surface area contributed by atoms with Crippen molar-refractivity contribution in [3.05, 3.63) is 68.8 Å². The number of nitrogens with zero attached hydrogens (tertiary/aromatic N) is 1. The van der Waals surface area contributed by atoms with Crippen molar-refractivity contribution in [1.29, 1.82) is 0 Å². The summed E-state index contributed by atoms with van der Waals surface area (Å²) >= 11 is 9.60. The van der Waals surface area contributed by atoms with Gasteiger partial charge in [0, 0.05) is 17.1 Å². The number of ether oxygens (including phenoxy) is 1. The topological polar surface area (TPSA) is 58.6 Å². The number of carbonyl (C=O) groups is 2. The largest absolute Gasteiger partial charge is 0.488 e. The number of rotatable bonds is 5. The van der Waals surface area contributed by atoms with E-state index >= 15 is 0 Å². The maximum atomic E-state index is 12.1. The molecule has 0 aromatic heterocycles. The van der Waals surface area contributed by atoms with Crippen LogP contribution in [0.4, 0.5) is 4.79 Å². The Labute approximate surface area is 164 Å². The average molecular weight is 436 g/mol. The minimum Gasteiger partial charge on any atom is -0.488 e. The van der Waals surface area contributed by atoms with Crippen LogP contribution in [0.25, 0.3) is 6.08 Å². The second kappa shape index (κ2) is 7.93. The van der Waals surface area contributed by atoms with E-state index in [2.05, 4.69) is 21.2 Å². The molecule has 0 saturated carbocycles. The van der Waals surface area contributed by atoms with Crippen molar-refractivity contribution in [3.63, 3.8) is 0 Å². The Morgan fingerprint density at radius 1 is 1.23 bits per heavy atom. The highest BCUT2D eigenvalue weighted by Crippen LogP contribution is 2.29. The molecule has 0 atom stereocenters. The first kappa shape index (κ1) is 18.5. The molecule has 2 aromatic rings. The lowest BCUT2D eigenvalue weighted by Crippen LogP contribution is -2.30. The molecule has 0 spiro atoms. The van der Waals surface area contributed by atoms with E-state index in [9.17, 15) is 9.59 Å². The number of amides is 3. The number of imide groups is 1. The Morgan fingerprint density at radius 3 is 2.65 bits per heavy atom. The van der Waals surface area contributed by atoms with Crippen molar-refractivity contribution in [2.24, 2.45) is 0 Å². The Balaban J connectivity index is 1.74. The van der Waals surface area contributed by atoms with Gasteiger partial charge in [0.25, 0.3) is 5.91 Å². The summed E-state index contributed by atoms with van der Waals surface area (Å²) in [6, 6.07) is 12.5. The molecule has 7 heteroatoms. The van der Waals surface area contributed by atoms with Gasteiger partial charge in [0.15, 0.2) is 0 Å². The van der Waals surface area contributed by atoms with Gasteiger partial charge in [-0.25, -0.2) is 4.79 Å². The molecule has 1 heterocycles. The normalized spacial score (nSPS) is 15.5. The van der Waals surface area contributed by atoms with Crippen molar-refractivity contribution in [2.45, 2.75) is 13.5 Å². The molecule has 134 valence electrons. The molecule has 1 aliphatic heterocycles. The van der Waals surface area contributed by atoms with Crippen LogP contribution < -0.4 is 10.1 Å². The lowest BCUT2D eigenvalue weighted by atomic mass is 10.2. The first-order valence-corrected chi connectivity index (χ1v) is 9.17. The zero-order valence-corrected chi connectivity index (χ0v) is 16.3. The van der Waals surface area contributed by atoms with Crippen molar-refractivity contribution in [2.75, 3.05) is 6.54 Å². The van der Waals surface area contributed by atoms with Crippen LogP contribution in [0.5, 0.6) is 5.75 Å². The standard InChI is InChI=1S/C19H16BrClN2O3/c1-2-23-18(24)16(22-19(23)25)10-12-7-8-17(14(20)9-12)26-11-13-5-3-4-6-15(13)21/h3-10H,2,11H2,1H3,(H,22,25)/b16-10+. The number of likely N-dealkylation sites (N-methyl/N-ethyl adjacent to an activating group) is 1. The van der Waals surface area contributed by atoms with E-state index in [1.165, 1.54) is 0 Å². The number of hydrogen-bond donors (Lipinski definition) is 1. The highest BCUT2D eigenvalue weighted by Gasteiger charge is 2.31. The summed E-state index contributed by atoms with van der Waals surface area (Å²) in [5.41, 5.74) is 1.92. The van der Waals surface area contributed by atoms with E-state index in [0.29, 0.717) is 23.9 Å². The van der Waals surface area contributed by atoms with Crippen molar-refractivity contribution < 1.29 is 14.3 Å².